The normalized spacial score (nSPS) is 11.0. The van der Waals surface area contributed by atoms with Crippen LogP contribution in [-0.2, 0) is 9.68 Å². The van der Waals surface area contributed by atoms with E-state index in [1.54, 1.807) is 0 Å². The number of hydrogen-bond donors (Lipinski definition) is 2. The highest BCUT2D eigenvalue weighted by molar-refractivity contribution is 4.47. The van der Waals surface area contributed by atoms with Gasteiger partial charge < -0.3 is 20.0 Å². The highest BCUT2D eigenvalue weighted by atomic mass is 17.0. The minimum absolute atomic E-state index is 0.0747. The van der Waals surface area contributed by atoms with Crippen molar-refractivity contribution in [3.05, 3.63) is 4.91 Å². The van der Waals surface area contributed by atoms with Crippen LogP contribution >= 0.6 is 0 Å². The van der Waals surface area contributed by atoms with Gasteiger partial charge in [-0.15, -0.1) is 0 Å². The maximum Gasteiger partial charge on any atom is 0.477 e. The first-order chi connectivity index (χ1) is 8.60. The Hall–Kier alpha value is -0.960. The van der Waals surface area contributed by atoms with Gasteiger partial charge in [-0.2, -0.15) is 9.68 Å². The van der Waals surface area contributed by atoms with Crippen LogP contribution in [0.15, 0.2) is 0 Å². The van der Waals surface area contributed by atoms with Crippen LogP contribution in [0, 0.1) is 4.91 Å². The van der Waals surface area contributed by atoms with Crippen molar-refractivity contribution in [3.8, 4) is 0 Å². The zero-order valence-electron chi connectivity index (χ0n) is 11.1. The Kier molecular flexibility index (Phi) is 10.6. The van der Waals surface area contributed by atoms with Crippen molar-refractivity contribution >= 4 is 0 Å². The van der Waals surface area contributed by atoms with E-state index in [4.69, 9.17) is 19.9 Å². The van der Waals surface area contributed by atoms with E-state index in [9.17, 15) is 4.91 Å². The summed E-state index contributed by atoms with van der Waals surface area (Å²) in [5, 5.41) is 17.4. The van der Waals surface area contributed by atoms with E-state index in [2.05, 4.69) is 0 Å². The van der Waals surface area contributed by atoms with Gasteiger partial charge in [-0.3, -0.25) is 0 Å². The number of aliphatic hydroxyl groups is 2. The number of aliphatic hydroxyl groups excluding tert-OH is 2. The molecule has 2 N–H and O–H groups in total. The average Bonchev–Trinajstić information content (AvgIpc) is 2.29. The molecule has 0 aliphatic rings. The molecule has 0 spiro atoms. The van der Waals surface area contributed by atoms with Crippen LogP contribution in [0.4, 0.5) is 0 Å². The zero-order valence-corrected chi connectivity index (χ0v) is 11.1. The van der Waals surface area contributed by atoms with Crippen molar-refractivity contribution in [2.45, 2.75) is 0 Å². The van der Waals surface area contributed by atoms with Gasteiger partial charge in [0, 0.05) is 26.2 Å². The Morgan fingerprint density at radius 3 is 1.61 bits per heavy atom. The molecule has 0 aromatic rings. The summed E-state index contributed by atoms with van der Waals surface area (Å²) in [7, 11) is 3.64. The summed E-state index contributed by atoms with van der Waals surface area (Å²) in [4.78, 5) is 24.3. The summed E-state index contributed by atoms with van der Waals surface area (Å²) in [6, 6.07) is 0. The third kappa shape index (κ3) is 10.2. The number of hydrogen-bond acceptors (Lipinski definition) is 7. The first-order valence-electron chi connectivity index (χ1n) is 5.92. The smallest absolute Gasteiger partial charge is 0.395 e. The van der Waals surface area contributed by atoms with Gasteiger partial charge >= 0.3 is 5.09 Å². The summed E-state index contributed by atoms with van der Waals surface area (Å²) in [6.45, 7) is 2.69. The maximum absolute atomic E-state index is 11.1. The van der Waals surface area contributed by atoms with Gasteiger partial charge in [0.2, 0.25) is 0 Å². The van der Waals surface area contributed by atoms with E-state index in [1.807, 2.05) is 23.9 Å². The van der Waals surface area contributed by atoms with Crippen molar-refractivity contribution < 1.29 is 25.0 Å². The highest BCUT2D eigenvalue weighted by Crippen LogP contribution is 1.87. The molecule has 0 bridgehead atoms. The van der Waals surface area contributed by atoms with E-state index in [1.165, 1.54) is 0 Å². The van der Waals surface area contributed by atoms with E-state index in [0.29, 0.717) is 26.2 Å². The number of nitrogens with zero attached hydrogens (tertiary/aromatic N) is 3. The molecule has 0 aromatic heterocycles. The van der Waals surface area contributed by atoms with Crippen LogP contribution in [0.1, 0.15) is 0 Å². The van der Waals surface area contributed by atoms with Crippen LogP contribution in [0.25, 0.3) is 0 Å². The Balaban J connectivity index is 3.43. The fraction of sp³-hybridized carbons (Fsp3) is 1.00. The van der Waals surface area contributed by atoms with Crippen LogP contribution in [0.2, 0.25) is 0 Å². The Morgan fingerprint density at radius 2 is 1.28 bits per heavy atom. The fourth-order valence-electron chi connectivity index (χ4n) is 1.14. The minimum atomic E-state index is 0.0747. The van der Waals surface area contributed by atoms with E-state index in [-0.39, 0.29) is 31.5 Å². The molecule has 0 rings (SSSR count). The van der Waals surface area contributed by atoms with Gasteiger partial charge in [-0.05, 0) is 14.1 Å². The van der Waals surface area contributed by atoms with Crippen LogP contribution in [-0.4, -0.2) is 91.8 Å². The van der Waals surface area contributed by atoms with Gasteiger partial charge in [0.15, 0.2) is 13.2 Å². The average molecular weight is 266 g/mol. The van der Waals surface area contributed by atoms with Gasteiger partial charge in [0.1, 0.15) is 4.91 Å². The monoisotopic (exact) mass is 266 g/mol. The molecule has 0 aliphatic carbocycles. The minimum Gasteiger partial charge on any atom is -0.395 e. The molecule has 0 saturated heterocycles. The van der Waals surface area contributed by atoms with Crippen LogP contribution in [0.3, 0.4) is 0 Å². The largest absolute Gasteiger partial charge is 0.477 e. The molecule has 108 valence electrons. The predicted molar refractivity (Wildman–Crippen MR) is 64.7 cm³/mol. The summed E-state index contributed by atoms with van der Waals surface area (Å²) in [5.41, 5.74) is 0. The lowest BCUT2D eigenvalue weighted by molar-refractivity contribution is -0.981. The Labute approximate surface area is 107 Å². The predicted octanol–water partition coefficient (Wildman–Crippen LogP) is -1.52. The summed E-state index contributed by atoms with van der Waals surface area (Å²) >= 11 is 0. The molecule has 0 amide bonds. The molecule has 0 radical (unpaired) electrons. The summed E-state index contributed by atoms with van der Waals surface area (Å²) in [5.74, 6) is 0. The Morgan fingerprint density at radius 1 is 0.889 bits per heavy atom. The van der Waals surface area contributed by atoms with E-state index < -0.39 is 0 Å². The summed E-state index contributed by atoms with van der Waals surface area (Å²) in [6.07, 6.45) is 0. The summed E-state index contributed by atoms with van der Waals surface area (Å²) < 4.78 is 0. The highest BCUT2D eigenvalue weighted by Gasteiger charge is 2.13. The molecule has 0 atom stereocenters. The molecule has 0 aliphatic heterocycles. The first kappa shape index (κ1) is 17.0. The van der Waals surface area contributed by atoms with E-state index in [0.717, 1.165) is 0 Å². The van der Waals surface area contributed by atoms with Crippen LogP contribution in [0.5, 0.6) is 0 Å². The fourth-order valence-corrected chi connectivity index (χ4v) is 1.14. The van der Waals surface area contributed by atoms with Gasteiger partial charge in [-0.1, -0.05) is 0 Å². The van der Waals surface area contributed by atoms with Crippen molar-refractivity contribution in [1.29, 1.82) is 0 Å². The quantitative estimate of drug-likeness (QED) is 0.415. The van der Waals surface area contributed by atoms with Crippen molar-refractivity contribution in [2.75, 3.05) is 66.7 Å². The zero-order chi connectivity index (χ0) is 13.8. The second-order valence-corrected chi connectivity index (χ2v) is 3.94. The van der Waals surface area contributed by atoms with Gasteiger partial charge in [0.05, 0.1) is 13.2 Å². The Bertz CT molecular complexity index is 198. The number of rotatable bonds is 12. The SMILES string of the molecule is CN(CCO)CCO[N+](=O)OCCN(C)CCO. The molecular weight excluding hydrogens is 242 g/mol. The molecule has 8 nitrogen and oxygen atoms in total. The lowest BCUT2D eigenvalue weighted by atomic mass is 10.5. The molecule has 8 heteroatoms. The molecule has 0 aromatic carbocycles. The van der Waals surface area contributed by atoms with E-state index >= 15 is 0 Å². The second-order valence-electron chi connectivity index (χ2n) is 3.94. The first-order valence-corrected chi connectivity index (χ1v) is 5.92. The van der Waals surface area contributed by atoms with Crippen molar-refractivity contribution in [3.63, 3.8) is 0 Å². The molecule has 0 saturated carbocycles. The molecule has 0 fully saturated rings. The molecule has 0 heterocycles. The molecule has 18 heavy (non-hydrogen) atoms. The topological polar surface area (TPSA) is 85.5 Å². The third-order valence-corrected chi connectivity index (χ3v) is 2.30. The van der Waals surface area contributed by atoms with Crippen molar-refractivity contribution in [1.82, 2.24) is 9.80 Å². The van der Waals surface area contributed by atoms with Crippen molar-refractivity contribution in [2.24, 2.45) is 0 Å². The van der Waals surface area contributed by atoms with Crippen LogP contribution < -0.4 is 0 Å². The second kappa shape index (κ2) is 11.1. The lowest BCUT2D eigenvalue weighted by Gasteiger charge is -2.12. The maximum atomic E-state index is 11.1. The van der Waals surface area contributed by atoms with Gasteiger partial charge in [0.25, 0.3) is 0 Å². The van der Waals surface area contributed by atoms with Gasteiger partial charge in [-0.25, -0.2) is 0 Å². The molecular formula is C10H24N3O5+. The lowest BCUT2D eigenvalue weighted by Crippen LogP contribution is -2.29. The third-order valence-electron chi connectivity index (χ3n) is 2.30. The standard InChI is InChI=1S/C10H24N3O5/c1-11(3-7-14)5-9-17-13(16)18-10-6-12(2)4-8-15/h14-15H,3-10H2,1-2H3/q+1. The number of likely N-dealkylation sites (N-methyl/N-ethyl adjacent to an activating group) is 2. The molecule has 0 unspecified atom stereocenters.